The van der Waals surface area contributed by atoms with Crippen LogP contribution in [0.5, 0.6) is 5.75 Å². The molecule has 18 heavy (non-hydrogen) atoms. The van der Waals surface area contributed by atoms with E-state index < -0.39 is 11.7 Å². The highest BCUT2D eigenvalue weighted by atomic mass is 19.4. The summed E-state index contributed by atoms with van der Waals surface area (Å²) in [6.07, 6.45) is -4.34. The smallest absolute Gasteiger partial charge is 0.416 e. The van der Waals surface area contributed by atoms with E-state index >= 15 is 0 Å². The highest BCUT2D eigenvalue weighted by molar-refractivity contribution is 5.46. The van der Waals surface area contributed by atoms with Crippen molar-refractivity contribution in [3.63, 3.8) is 0 Å². The second-order valence-corrected chi connectivity index (χ2v) is 5.28. The summed E-state index contributed by atoms with van der Waals surface area (Å²) in [5.41, 5.74) is 5.63. The van der Waals surface area contributed by atoms with Gasteiger partial charge in [-0.05, 0) is 29.2 Å². The van der Waals surface area contributed by atoms with Crippen LogP contribution in [0.15, 0.2) is 18.2 Å². The summed E-state index contributed by atoms with van der Waals surface area (Å²) in [4.78, 5) is 0. The Morgan fingerprint density at radius 1 is 1.28 bits per heavy atom. The molecule has 0 heterocycles. The maximum absolute atomic E-state index is 12.7. The highest BCUT2D eigenvalue weighted by Crippen LogP contribution is 2.59. The molecule has 0 aliphatic heterocycles. The van der Waals surface area contributed by atoms with E-state index in [2.05, 4.69) is 0 Å². The summed E-state index contributed by atoms with van der Waals surface area (Å²) in [5, 5.41) is 0. The molecule has 0 bridgehead atoms. The molecule has 1 aliphatic carbocycles. The van der Waals surface area contributed by atoms with Gasteiger partial charge in [-0.3, -0.25) is 0 Å². The first-order valence-corrected chi connectivity index (χ1v) is 5.70. The van der Waals surface area contributed by atoms with Crippen LogP contribution in [0.1, 0.15) is 30.9 Å². The van der Waals surface area contributed by atoms with Crippen LogP contribution in [0.25, 0.3) is 0 Å². The first-order chi connectivity index (χ1) is 8.19. The van der Waals surface area contributed by atoms with Gasteiger partial charge in [0.2, 0.25) is 0 Å². The maximum Gasteiger partial charge on any atom is 0.416 e. The minimum absolute atomic E-state index is 0.0882. The van der Waals surface area contributed by atoms with Crippen molar-refractivity contribution in [3.8, 4) is 5.75 Å². The zero-order valence-electron chi connectivity index (χ0n) is 10.5. The van der Waals surface area contributed by atoms with E-state index in [1.54, 1.807) is 0 Å². The van der Waals surface area contributed by atoms with Gasteiger partial charge in [-0.2, -0.15) is 13.2 Å². The number of hydrogen-bond donors (Lipinski definition) is 1. The van der Waals surface area contributed by atoms with Crippen LogP contribution in [0.3, 0.4) is 0 Å². The van der Waals surface area contributed by atoms with Crippen LogP contribution in [0, 0.1) is 5.41 Å². The standard InChI is InChI=1S/C13H16F3NO/c1-12(2)10(11(12)17)8-6-7(13(14,15)16)4-5-9(8)18-3/h4-6,10-11H,17H2,1-3H3. The van der Waals surface area contributed by atoms with Gasteiger partial charge in [0.25, 0.3) is 0 Å². The van der Waals surface area contributed by atoms with E-state index in [-0.39, 0.29) is 17.4 Å². The first kappa shape index (κ1) is 13.2. The van der Waals surface area contributed by atoms with Crippen LogP contribution in [0.4, 0.5) is 13.2 Å². The zero-order chi connectivity index (χ0) is 13.7. The lowest BCUT2D eigenvalue weighted by Crippen LogP contribution is -2.08. The third-order valence-electron chi connectivity index (χ3n) is 3.80. The Labute approximate surface area is 104 Å². The van der Waals surface area contributed by atoms with E-state index in [1.165, 1.54) is 13.2 Å². The topological polar surface area (TPSA) is 35.2 Å². The predicted octanol–water partition coefficient (Wildman–Crippen LogP) is 3.16. The van der Waals surface area contributed by atoms with Crippen molar-refractivity contribution in [2.75, 3.05) is 7.11 Å². The molecule has 1 aliphatic rings. The SMILES string of the molecule is COc1ccc(C(F)(F)F)cc1C1C(N)C1(C)C. The van der Waals surface area contributed by atoms with Gasteiger partial charge in [0.1, 0.15) is 5.75 Å². The third kappa shape index (κ3) is 1.96. The quantitative estimate of drug-likeness (QED) is 0.885. The first-order valence-electron chi connectivity index (χ1n) is 5.70. The van der Waals surface area contributed by atoms with Gasteiger partial charge >= 0.3 is 6.18 Å². The van der Waals surface area contributed by atoms with Gasteiger partial charge in [-0.1, -0.05) is 13.8 Å². The minimum atomic E-state index is -4.34. The number of rotatable bonds is 2. The molecule has 0 radical (unpaired) electrons. The molecule has 0 amide bonds. The Morgan fingerprint density at radius 3 is 2.22 bits per heavy atom. The molecule has 5 heteroatoms. The van der Waals surface area contributed by atoms with Gasteiger partial charge in [-0.15, -0.1) is 0 Å². The zero-order valence-corrected chi connectivity index (χ0v) is 10.5. The van der Waals surface area contributed by atoms with Gasteiger partial charge < -0.3 is 10.5 Å². The number of methoxy groups -OCH3 is 1. The maximum atomic E-state index is 12.7. The van der Waals surface area contributed by atoms with Crippen molar-refractivity contribution >= 4 is 0 Å². The van der Waals surface area contributed by atoms with Crippen molar-refractivity contribution in [1.82, 2.24) is 0 Å². The molecule has 1 aromatic carbocycles. The van der Waals surface area contributed by atoms with E-state index in [0.717, 1.165) is 12.1 Å². The summed E-state index contributed by atoms with van der Waals surface area (Å²) < 4.78 is 43.2. The van der Waals surface area contributed by atoms with Crippen LogP contribution < -0.4 is 10.5 Å². The number of halogens is 3. The fraction of sp³-hybridized carbons (Fsp3) is 0.538. The molecule has 0 saturated heterocycles. The number of hydrogen-bond acceptors (Lipinski definition) is 2. The minimum Gasteiger partial charge on any atom is -0.496 e. The number of ether oxygens (including phenoxy) is 1. The second kappa shape index (κ2) is 3.88. The molecule has 1 fully saturated rings. The monoisotopic (exact) mass is 259 g/mol. The van der Waals surface area contributed by atoms with Crippen molar-refractivity contribution in [2.24, 2.45) is 11.1 Å². The summed E-state index contributed by atoms with van der Waals surface area (Å²) in [6.45, 7) is 3.89. The predicted molar refractivity (Wildman–Crippen MR) is 62.5 cm³/mol. The molecule has 0 spiro atoms. The molecule has 0 aromatic heterocycles. The van der Waals surface area contributed by atoms with Crippen molar-refractivity contribution in [3.05, 3.63) is 29.3 Å². The van der Waals surface area contributed by atoms with Gasteiger partial charge in [-0.25, -0.2) is 0 Å². The Balaban J connectivity index is 2.45. The number of alkyl halides is 3. The van der Waals surface area contributed by atoms with E-state index in [9.17, 15) is 13.2 Å². The lowest BCUT2D eigenvalue weighted by molar-refractivity contribution is -0.137. The van der Waals surface area contributed by atoms with E-state index in [0.29, 0.717) is 11.3 Å². The number of benzene rings is 1. The molecule has 2 unspecified atom stereocenters. The lowest BCUT2D eigenvalue weighted by Gasteiger charge is -2.13. The molecular formula is C13H16F3NO. The molecule has 2 nitrogen and oxygen atoms in total. The Kier molecular flexibility index (Phi) is 2.85. The molecule has 2 N–H and O–H groups in total. The summed E-state index contributed by atoms with van der Waals surface area (Å²) in [6, 6.07) is 3.41. The van der Waals surface area contributed by atoms with E-state index in [1.807, 2.05) is 13.8 Å². The largest absolute Gasteiger partial charge is 0.496 e. The lowest BCUT2D eigenvalue weighted by atomic mass is 10.00. The summed E-state index contributed by atoms with van der Waals surface area (Å²) in [7, 11) is 1.45. The average Bonchev–Trinajstić information content (AvgIpc) is 2.76. The fourth-order valence-electron chi connectivity index (χ4n) is 2.43. The van der Waals surface area contributed by atoms with Crippen LogP contribution in [-0.4, -0.2) is 13.2 Å². The Bertz CT molecular complexity index is 468. The van der Waals surface area contributed by atoms with E-state index in [4.69, 9.17) is 10.5 Å². The summed E-state index contributed by atoms with van der Waals surface area (Å²) >= 11 is 0. The van der Waals surface area contributed by atoms with Crippen molar-refractivity contribution in [1.29, 1.82) is 0 Å². The molecule has 2 rings (SSSR count). The molecular weight excluding hydrogens is 243 g/mol. The average molecular weight is 259 g/mol. The molecule has 2 atom stereocenters. The van der Waals surface area contributed by atoms with Gasteiger partial charge in [0, 0.05) is 12.0 Å². The Morgan fingerprint density at radius 2 is 1.83 bits per heavy atom. The Hall–Kier alpha value is -1.23. The van der Waals surface area contributed by atoms with Crippen LogP contribution in [0.2, 0.25) is 0 Å². The third-order valence-corrected chi connectivity index (χ3v) is 3.80. The van der Waals surface area contributed by atoms with Crippen LogP contribution >= 0.6 is 0 Å². The molecule has 1 saturated carbocycles. The van der Waals surface area contributed by atoms with Crippen molar-refractivity contribution in [2.45, 2.75) is 32.0 Å². The summed E-state index contributed by atoms with van der Waals surface area (Å²) in [5.74, 6) is 0.378. The van der Waals surface area contributed by atoms with Crippen LogP contribution in [-0.2, 0) is 6.18 Å². The second-order valence-electron chi connectivity index (χ2n) is 5.28. The molecule has 100 valence electrons. The number of nitrogens with two attached hydrogens (primary N) is 1. The van der Waals surface area contributed by atoms with Crippen molar-refractivity contribution < 1.29 is 17.9 Å². The normalized spacial score (nSPS) is 25.9. The van der Waals surface area contributed by atoms with Gasteiger partial charge in [0.05, 0.1) is 12.7 Å². The highest BCUT2D eigenvalue weighted by Gasteiger charge is 2.57. The van der Waals surface area contributed by atoms with Gasteiger partial charge in [0.15, 0.2) is 0 Å². The fourth-order valence-corrected chi connectivity index (χ4v) is 2.43. The molecule has 1 aromatic rings.